The molecule has 2 aromatic carbocycles. The topological polar surface area (TPSA) is 72.2 Å². The number of halogens is 3. The number of hydrogen-bond acceptors (Lipinski definition) is 3. The third kappa shape index (κ3) is 3.60. The predicted molar refractivity (Wildman–Crippen MR) is 106 cm³/mol. The Labute approximate surface area is 169 Å². The van der Waals surface area contributed by atoms with Crippen LogP contribution >= 0.6 is 0 Å². The van der Waals surface area contributed by atoms with E-state index in [2.05, 4.69) is 4.98 Å². The zero-order valence-electron chi connectivity index (χ0n) is 15.7. The minimum absolute atomic E-state index is 0.00193. The van der Waals surface area contributed by atoms with Gasteiger partial charge >= 0.3 is 12.1 Å². The van der Waals surface area contributed by atoms with E-state index < -0.39 is 17.7 Å². The van der Waals surface area contributed by atoms with Gasteiger partial charge in [0.25, 0.3) is 5.56 Å². The molecule has 1 aromatic heterocycles. The second kappa shape index (κ2) is 7.44. The van der Waals surface area contributed by atoms with Gasteiger partial charge in [-0.15, -0.1) is 0 Å². The smallest absolute Gasteiger partial charge is 0.416 e. The summed E-state index contributed by atoms with van der Waals surface area (Å²) in [5.41, 5.74) is -0.372. The summed E-state index contributed by atoms with van der Waals surface area (Å²) in [6, 6.07) is 9.33. The Morgan fingerprint density at radius 3 is 2.63 bits per heavy atom. The summed E-state index contributed by atoms with van der Waals surface area (Å²) in [7, 11) is 0. The summed E-state index contributed by atoms with van der Waals surface area (Å²) in [5.74, 6) is -0.867. The van der Waals surface area contributed by atoms with Gasteiger partial charge in [0, 0.05) is 6.54 Å². The molecule has 3 aromatic rings. The Kier molecular flexibility index (Phi) is 4.93. The Bertz CT molecular complexity index is 1240. The van der Waals surface area contributed by atoms with E-state index in [1.807, 2.05) is 0 Å². The van der Waals surface area contributed by atoms with Crippen molar-refractivity contribution in [1.82, 2.24) is 9.55 Å². The van der Waals surface area contributed by atoms with Gasteiger partial charge in [0.05, 0.1) is 22.0 Å². The first-order valence-electron chi connectivity index (χ1n) is 9.41. The molecule has 0 saturated carbocycles. The lowest BCUT2D eigenvalue weighted by atomic mass is 10.0. The van der Waals surface area contributed by atoms with E-state index in [9.17, 15) is 27.9 Å². The van der Waals surface area contributed by atoms with Gasteiger partial charge in [-0.2, -0.15) is 13.2 Å². The molecule has 0 spiro atoms. The van der Waals surface area contributed by atoms with E-state index in [1.54, 1.807) is 0 Å². The number of nitrogens with zero attached hydrogens (tertiary/aromatic N) is 2. The zero-order chi connectivity index (χ0) is 21.5. The standard InChI is InChI=1S/C22H17F3N2O3/c23-22(24,25)17-7-2-1-5-13(17)11-14-6-3-4-10-27-19(14)26-18-12-15(21(29)30)8-9-16(18)20(27)28/h1-2,5,7-9,11-12H,3-4,6,10H2,(H,29,30)/b14-11-. The summed E-state index contributed by atoms with van der Waals surface area (Å²) in [6.45, 7) is 0.399. The van der Waals surface area contributed by atoms with Crippen LogP contribution in [0.25, 0.3) is 22.6 Å². The van der Waals surface area contributed by atoms with Crippen LogP contribution in [-0.4, -0.2) is 20.6 Å². The van der Waals surface area contributed by atoms with Gasteiger partial charge in [-0.1, -0.05) is 18.2 Å². The van der Waals surface area contributed by atoms with Crippen LogP contribution < -0.4 is 5.56 Å². The van der Waals surface area contributed by atoms with Crippen molar-refractivity contribution in [2.45, 2.75) is 32.0 Å². The number of fused-ring (bicyclic) bond motifs is 2. The maximum Gasteiger partial charge on any atom is 0.416 e. The van der Waals surface area contributed by atoms with Crippen LogP contribution in [0.2, 0.25) is 0 Å². The molecule has 30 heavy (non-hydrogen) atoms. The minimum Gasteiger partial charge on any atom is -0.478 e. The predicted octanol–water partition coefficient (Wildman–Crippen LogP) is 4.84. The van der Waals surface area contributed by atoms with Crippen LogP contribution in [0.1, 0.15) is 46.6 Å². The minimum atomic E-state index is -4.51. The van der Waals surface area contributed by atoms with Crippen molar-refractivity contribution in [2.24, 2.45) is 0 Å². The number of aromatic carboxylic acids is 1. The number of benzene rings is 2. The highest BCUT2D eigenvalue weighted by Gasteiger charge is 2.32. The van der Waals surface area contributed by atoms with Gasteiger partial charge in [-0.25, -0.2) is 9.78 Å². The monoisotopic (exact) mass is 414 g/mol. The number of allylic oxidation sites excluding steroid dienone is 1. The molecule has 1 aliphatic rings. The third-order valence-electron chi connectivity index (χ3n) is 5.16. The molecule has 0 fully saturated rings. The molecule has 0 aliphatic carbocycles. The number of carbonyl (C=O) groups is 1. The molecule has 0 radical (unpaired) electrons. The lowest BCUT2D eigenvalue weighted by Gasteiger charge is -2.14. The molecule has 0 amide bonds. The number of aromatic nitrogens is 2. The van der Waals surface area contributed by atoms with Gasteiger partial charge < -0.3 is 5.11 Å². The first-order chi connectivity index (χ1) is 14.3. The molecular formula is C22H17F3N2O3. The number of hydrogen-bond donors (Lipinski definition) is 1. The second-order valence-electron chi connectivity index (χ2n) is 7.14. The van der Waals surface area contributed by atoms with Gasteiger partial charge in [0.15, 0.2) is 0 Å². The zero-order valence-corrected chi connectivity index (χ0v) is 15.7. The SMILES string of the molecule is O=C(O)c1ccc2c(=O)n3c(nc2c1)/C(=C\c1ccccc1C(F)(F)F)CCCC3. The van der Waals surface area contributed by atoms with Crippen LogP contribution in [-0.2, 0) is 12.7 Å². The van der Waals surface area contributed by atoms with Crippen molar-refractivity contribution in [3.8, 4) is 0 Å². The third-order valence-corrected chi connectivity index (χ3v) is 5.16. The summed E-state index contributed by atoms with van der Waals surface area (Å²) in [6.07, 6.45) is -1.24. The number of carboxylic acids is 1. The van der Waals surface area contributed by atoms with E-state index >= 15 is 0 Å². The lowest BCUT2D eigenvalue weighted by Crippen LogP contribution is -2.24. The fraction of sp³-hybridized carbons (Fsp3) is 0.227. The first kappa shape index (κ1) is 19.9. The van der Waals surface area contributed by atoms with E-state index in [4.69, 9.17) is 0 Å². The van der Waals surface area contributed by atoms with Gasteiger partial charge in [-0.05, 0) is 60.7 Å². The maximum absolute atomic E-state index is 13.4. The molecule has 0 bridgehead atoms. The van der Waals surface area contributed by atoms with Crippen molar-refractivity contribution in [2.75, 3.05) is 0 Å². The van der Waals surface area contributed by atoms with Crippen LogP contribution in [0.4, 0.5) is 13.2 Å². The molecule has 8 heteroatoms. The lowest BCUT2D eigenvalue weighted by molar-refractivity contribution is -0.137. The molecule has 0 unspecified atom stereocenters. The van der Waals surface area contributed by atoms with Crippen molar-refractivity contribution in [3.05, 3.63) is 75.3 Å². The highest BCUT2D eigenvalue weighted by Crippen LogP contribution is 2.35. The number of alkyl halides is 3. The van der Waals surface area contributed by atoms with Crippen LogP contribution in [0.15, 0.2) is 47.3 Å². The highest BCUT2D eigenvalue weighted by atomic mass is 19.4. The Morgan fingerprint density at radius 1 is 1.13 bits per heavy atom. The number of carboxylic acid groups (broad SMARTS) is 1. The number of rotatable bonds is 2. The largest absolute Gasteiger partial charge is 0.478 e. The fourth-order valence-electron chi connectivity index (χ4n) is 3.71. The average Bonchev–Trinajstić information content (AvgIpc) is 2.90. The van der Waals surface area contributed by atoms with E-state index in [0.29, 0.717) is 31.4 Å². The van der Waals surface area contributed by atoms with E-state index in [-0.39, 0.29) is 33.4 Å². The van der Waals surface area contributed by atoms with Gasteiger partial charge in [0.2, 0.25) is 0 Å². The Balaban J connectivity index is 1.96. The summed E-state index contributed by atoms with van der Waals surface area (Å²) in [5, 5.41) is 9.50. The molecule has 1 N–H and O–H groups in total. The molecular weight excluding hydrogens is 397 g/mol. The highest BCUT2D eigenvalue weighted by molar-refractivity contribution is 5.93. The summed E-state index contributed by atoms with van der Waals surface area (Å²) >= 11 is 0. The van der Waals surface area contributed by atoms with Crippen LogP contribution in [0.3, 0.4) is 0 Å². The molecule has 4 rings (SSSR count). The Hall–Kier alpha value is -3.42. The van der Waals surface area contributed by atoms with Gasteiger partial charge in [0.1, 0.15) is 5.82 Å². The van der Waals surface area contributed by atoms with Crippen LogP contribution in [0, 0.1) is 0 Å². The quantitative estimate of drug-likeness (QED) is 0.652. The molecule has 0 saturated heterocycles. The van der Waals surface area contributed by atoms with Crippen molar-refractivity contribution >= 4 is 28.5 Å². The molecule has 5 nitrogen and oxygen atoms in total. The average molecular weight is 414 g/mol. The van der Waals surface area contributed by atoms with Crippen LogP contribution in [0.5, 0.6) is 0 Å². The Morgan fingerprint density at radius 2 is 1.90 bits per heavy atom. The normalized spacial score (nSPS) is 15.8. The first-order valence-corrected chi connectivity index (χ1v) is 9.41. The van der Waals surface area contributed by atoms with E-state index in [0.717, 1.165) is 6.07 Å². The maximum atomic E-state index is 13.4. The summed E-state index contributed by atoms with van der Waals surface area (Å²) < 4.78 is 41.7. The summed E-state index contributed by atoms with van der Waals surface area (Å²) in [4.78, 5) is 28.8. The van der Waals surface area contributed by atoms with E-state index in [1.165, 1.54) is 47.0 Å². The fourth-order valence-corrected chi connectivity index (χ4v) is 3.71. The molecule has 154 valence electrons. The van der Waals surface area contributed by atoms with Crippen molar-refractivity contribution in [3.63, 3.8) is 0 Å². The molecule has 1 aliphatic heterocycles. The van der Waals surface area contributed by atoms with Crippen molar-refractivity contribution < 1.29 is 23.1 Å². The van der Waals surface area contributed by atoms with Crippen molar-refractivity contribution in [1.29, 1.82) is 0 Å². The second-order valence-corrected chi connectivity index (χ2v) is 7.14. The molecule has 2 heterocycles. The molecule has 0 atom stereocenters. The van der Waals surface area contributed by atoms with Gasteiger partial charge in [-0.3, -0.25) is 9.36 Å².